The smallest absolute Gasteiger partial charge is 0.236 e. The van der Waals surface area contributed by atoms with Gasteiger partial charge in [0.1, 0.15) is 11.6 Å². The SMILES string of the molecule is Cc1nc(C)n(CC2CCCN(CC(=O)N(C)CCC#N)C2)n1. The molecule has 7 heteroatoms. The third kappa shape index (κ3) is 5.03. The van der Waals surface area contributed by atoms with E-state index in [-0.39, 0.29) is 5.91 Å². The molecule has 23 heavy (non-hydrogen) atoms. The number of amides is 1. The number of likely N-dealkylation sites (N-methyl/N-ethyl adjacent to an activating group) is 1. The van der Waals surface area contributed by atoms with Crippen LogP contribution in [-0.4, -0.2) is 63.7 Å². The van der Waals surface area contributed by atoms with Gasteiger partial charge in [0.15, 0.2) is 0 Å². The average molecular weight is 318 g/mol. The van der Waals surface area contributed by atoms with Crippen LogP contribution >= 0.6 is 0 Å². The lowest BCUT2D eigenvalue weighted by Gasteiger charge is -2.33. The summed E-state index contributed by atoms with van der Waals surface area (Å²) in [5.41, 5.74) is 0. The summed E-state index contributed by atoms with van der Waals surface area (Å²) in [6.45, 7) is 7.57. The van der Waals surface area contributed by atoms with Gasteiger partial charge >= 0.3 is 0 Å². The number of aromatic nitrogens is 3. The fourth-order valence-corrected chi connectivity index (χ4v) is 3.08. The van der Waals surface area contributed by atoms with Gasteiger partial charge in [-0.05, 0) is 39.2 Å². The molecule has 0 radical (unpaired) electrons. The summed E-state index contributed by atoms with van der Waals surface area (Å²) in [4.78, 5) is 20.4. The molecule has 0 N–H and O–H groups in total. The van der Waals surface area contributed by atoms with E-state index in [9.17, 15) is 4.79 Å². The zero-order valence-corrected chi connectivity index (χ0v) is 14.3. The zero-order chi connectivity index (χ0) is 16.8. The third-order valence-corrected chi connectivity index (χ3v) is 4.34. The van der Waals surface area contributed by atoms with Crippen molar-refractivity contribution in [1.82, 2.24) is 24.6 Å². The minimum atomic E-state index is 0.0914. The van der Waals surface area contributed by atoms with Gasteiger partial charge in [0, 0.05) is 26.7 Å². The second kappa shape index (κ2) is 8.06. The van der Waals surface area contributed by atoms with E-state index in [1.165, 1.54) is 0 Å². The summed E-state index contributed by atoms with van der Waals surface area (Å²) >= 11 is 0. The lowest BCUT2D eigenvalue weighted by Crippen LogP contribution is -2.44. The predicted molar refractivity (Wildman–Crippen MR) is 86.5 cm³/mol. The highest BCUT2D eigenvalue weighted by Gasteiger charge is 2.23. The van der Waals surface area contributed by atoms with Crippen molar-refractivity contribution >= 4 is 5.91 Å². The fourth-order valence-electron chi connectivity index (χ4n) is 3.08. The maximum atomic E-state index is 12.2. The number of piperidine rings is 1. The minimum Gasteiger partial charge on any atom is -0.344 e. The highest BCUT2D eigenvalue weighted by molar-refractivity contribution is 5.78. The summed E-state index contributed by atoms with van der Waals surface area (Å²) in [5, 5.41) is 13.0. The molecular formula is C16H26N6O. The molecule has 1 fully saturated rings. The first-order chi connectivity index (χ1) is 11.0. The Morgan fingerprint density at radius 3 is 2.91 bits per heavy atom. The van der Waals surface area contributed by atoms with E-state index < -0.39 is 0 Å². The molecule has 7 nitrogen and oxygen atoms in total. The third-order valence-electron chi connectivity index (χ3n) is 4.34. The van der Waals surface area contributed by atoms with Crippen molar-refractivity contribution in [1.29, 1.82) is 5.26 Å². The largest absolute Gasteiger partial charge is 0.344 e. The molecule has 0 saturated carbocycles. The van der Waals surface area contributed by atoms with Gasteiger partial charge in [0.05, 0.1) is 19.0 Å². The van der Waals surface area contributed by atoms with E-state index in [0.717, 1.165) is 44.1 Å². The Morgan fingerprint density at radius 1 is 1.48 bits per heavy atom. The Hall–Kier alpha value is -1.94. The van der Waals surface area contributed by atoms with Crippen LogP contribution in [0.25, 0.3) is 0 Å². The highest BCUT2D eigenvalue weighted by Crippen LogP contribution is 2.18. The van der Waals surface area contributed by atoms with Crippen LogP contribution in [0.15, 0.2) is 0 Å². The molecule has 1 atom stereocenters. The maximum Gasteiger partial charge on any atom is 0.236 e. The second-order valence-corrected chi connectivity index (χ2v) is 6.36. The summed E-state index contributed by atoms with van der Waals surface area (Å²) in [7, 11) is 1.77. The highest BCUT2D eigenvalue weighted by atomic mass is 16.2. The van der Waals surface area contributed by atoms with Crippen molar-refractivity contribution in [2.45, 2.75) is 39.7 Å². The standard InChI is InChI=1S/C16H26N6O/c1-13-18-14(2)22(19-13)11-15-6-4-9-21(10-15)12-16(23)20(3)8-5-7-17/h15H,4-6,8-12H2,1-3H3. The first-order valence-electron chi connectivity index (χ1n) is 8.21. The van der Waals surface area contributed by atoms with Crippen LogP contribution in [0.2, 0.25) is 0 Å². The normalized spacial score (nSPS) is 18.6. The van der Waals surface area contributed by atoms with Gasteiger partial charge in [-0.15, -0.1) is 0 Å². The quantitative estimate of drug-likeness (QED) is 0.781. The van der Waals surface area contributed by atoms with E-state index in [0.29, 0.717) is 25.4 Å². The molecule has 0 bridgehead atoms. The van der Waals surface area contributed by atoms with Gasteiger partial charge in [-0.25, -0.2) is 9.67 Å². The topological polar surface area (TPSA) is 78.0 Å². The summed E-state index contributed by atoms with van der Waals surface area (Å²) in [6.07, 6.45) is 2.65. The minimum absolute atomic E-state index is 0.0914. The molecule has 0 spiro atoms. The van der Waals surface area contributed by atoms with Gasteiger partial charge in [-0.1, -0.05) is 0 Å². The molecule has 1 saturated heterocycles. The van der Waals surface area contributed by atoms with Crippen LogP contribution < -0.4 is 0 Å². The Balaban J connectivity index is 1.84. The number of carbonyl (C=O) groups excluding carboxylic acids is 1. The molecule has 1 amide bonds. The van der Waals surface area contributed by atoms with E-state index in [1.807, 2.05) is 18.5 Å². The van der Waals surface area contributed by atoms with Crippen molar-refractivity contribution in [3.63, 3.8) is 0 Å². The molecule has 0 aliphatic carbocycles. The molecule has 1 unspecified atom stereocenters. The number of carbonyl (C=O) groups is 1. The fraction of sp³-hybridized carbons (Fsp3) is 0.750. The molecule has 1 aromatic rings. The zero-order valence-electron chi connectivity index (χ0n) is 14.3. The summed E-state index contributed by atoms with van der Waals surface area (Å²) in [6, 6.07) is 2.08. The van der Waals surface area contributed by atoms with Crippen molar-refractivity contribution in [2.24, 2.45) is 5.92 Å². The first-order valence-corrected chi connectivity index (χ1v) is 8.21. The Labute approximate surface area is 137 Å². The van der Waals surface area contributed by atoms with Gasteiger partial charge < -0.3 is 4.90 Å². The average Bonchev–Trinajstić information content (AvgIpc) is 2.82. The van der Waals surface area contributed by atoms with Crippen LogP contribution in [0.4, 0.5) is 0 Å². The summed E-state index contributed by atoms with van der Waals surface area (Å²) in [5.74, 6) is 2.35. The molecule has 126 valence electrons. The molecule has 2 heterocycles. The van der Waals surface area contributed by atoms with E-state index in [1.54, 1.807) is 11.9 Å². The number of aryl methyl sites for hydroxylation is 2. The van der Waals surface area contributed by atoms with Crippen LogP contribution in [0.1, 0.15) is 30.9 Å². The molecular weight excluding hydrogens is 292 g/mol. The molecule has 2 rings (SSSR count). The maximum absolute atomic E-state index is 12.2. The Kier molecular flexibility index (Phi) is 6.11. The van der Waals surface area contributed by atoms with Gasteiger partial charge in [0.25, 0.3) is 0 Å². The van der Waals surface area contributed by atoms with Crippen LogP contribution in [0.5, 0.6) is 0 Å². The Bertz CT molecular complexity index is 576. The molecule has 1 aliphatic heterocycles. The molecule has 0 aromatic carbocycles. The lowest BCUT2D eigenvalue weighted by molar-refractivity contribution is -0.131. The monoisotopic (exact) mass is 318 g/mol. The van der Waals surface area contributed by atoms with Crippen LogP contribution in [0, 0.1) is 31.1 Å². The van der Waals surface area contributed by atoms with Crippen molar-refractivity contribution < 1.29 is 4.79 Å². The van der Waals surface area contributed by atoms with Gasteiger partial charge in [0.2, 0.25) is 5.91 Å². The molecule has 1 aromatic heterocycles. The number of nitriles is 1. The van der Waals surface area contributed by atoms with Crippen molar-refractivity contribution in [3.05, 3.63) is 11.6 Å². The van der Waals surface area contributed by atoms with Gasteiger partial charge in [-0.3, -0.25) is 9.69 Å². The van der Waals surface area contributed by atoms with E-state index in [2.05, 4.69) is 21.1 Å². The van der Waals surface area contributed by atoms with Crippen molar-refractivity contribution in [3.8, 4) is 6.07 Å². The van der Waals surface area contributed by atoms with E-state index >= 15 is 0 Å². The summed E-state index contributed by atoms with van der Waals surface area (Å²) < 4.78 is 1.98. The number of hydrogen-bond donors (Lipinski definition) is 0. The molecule has 1 aliphatic rings. The van der Waals surface area contributed by atoms with Crippen LogP contribution in [0.3, 0.4) is 0 Å². The van der Waals surface area contributed by atoms with Crippen molar-refractivity contribution in [2.75, 3.05) is 33.2 Å². The lowest BCUT2D eigenvalue weighted by atomic mass is 9.98. The van der Waals surface area contributed by atoms with Crippen LogP contribution in [-0.2, 0) is 11.3 Å². The first kappa shape index (κ1) is 17.4. The second-order valence-electron chi connectivity index (χ2n) is 6.36. The number of likely N-dealkylation sites (tertiary alicyclic amines) is 1. The number of rotatable bonds is 6. The van der Waals surface area contributed by atoms with Gasteiger partial charge in [-0.2, -0.15) is 10.4 Å². The predicted octanol–water partition coefficient (Wildman–Crippen LogP) is 0.979. The number of nitrogens with zero attached hydrogens (tertiary/aromatic N) is 6. The Morgan fingerprint density at radius 2 is 2.26 bits per heavy atom. The van der Waals surface area contributed by atoms with E-state index in [4.69, 9.17) is 5.26 Å². The number of hydrogen-bond acceptors (Lipinski definition) is 5.